The Morgan fingerprint density at radius 3 is 2.24 bits per heavy atom. The molecule has 0 aliphatic carbocycles. The monoisotopic (exact) mass is 241 g/mol. The highest BCUT2D eigenvalue weighted by molar-refractivity contribution is 5.72. The van der Waals surface area contributed by atoms with Crippen LogP contribution in [0.2, 0.25) is 0 Å². The summed E-state index contributed by atoms with van der Waals surface area (Å²) >= 11 is 0. The van der Waals surface area contributed by atoms with Crippen molar-refractivity contribution in [3.8, 4) is 0 Å². The maximum Gasteiger partial charge on any atom is 0.309 e. The molecule has 17 heavy (non-hydrogen) atoms. The van der Waals surface area contributed by atoms with Crippen molar-refractivity contribution >= 4 is 5.97 Å². The van der Waals surface area contributed by atoms with Gasteiger partial charge in [0.05, 0.1) is 13.0 Å². The van der Waals surface area contributed by atoms with Crippen molar-refractivity contribution in [1.29, 1.82) is 0 Å². The summed E-state index contributed by atoms with van der Waals surface area (Å²) in [5, 5.41) is 0. The van der Waals surface area contributed by atoms with Crippen molar-refractivity contribution in [1.82, 2.24) is 4.90 Å². The van der Waals surface area contributed by atoms with Gasteiger partial charge in [-0.15, -0.1) is 0 Å². The number of hydrogen-bond donors (Lipinski definition) is 0. The Morgan fingerprint density at radius 1 is 1.18 bits per heavy atom. The number of hydrogen-bond acceptors (Lipinski definition) is 3. The molecule has 1 aliphatic heterocycles. The van der Waals surface area contributed by atoms with Gasteiger partial charge in [-0.2, -0.15) is 0 Å². The Morgan fingerprint density at radius 2 is 1.76 bits per heavy atom. The van der Waals surface area contributed by atoms with Crippen LogP contribution in [0.3, 0.4) is 0 Å². The molecule has 1 rings (SSSR count). The second-order valence-electron chi connectivity index (χ2n) is 5.56. The molecule has 0 radical (unpaired) electrons. The number of likely N-dealkylation sites (tertiary alicyclic amines) is 1. The van der Waals surface area contributed by atoms with E-state index in [-0.39, 0.29) is 11.9 Å². The van der Waals surface area contributed by atoms with Crippen LogP contribution in [-0.2, 0) is 9.53 Å². The first kappa shape index (κ1) is 14.5. The van der Waals surface area contributed by atoms with Crippen molar-refractivity contribution in [2.24, 2.45) is 11.8 Å². The minimum atomic E-state index is -0.0389. The third-order valence-corrected chi connectivity index (χ3v) is 3.47. The lowest BCUT2D eigenvalue weighted by Crippen LogP contribution is -2.35. The maximum absolute atomic E-state index is 11.8. The van der Waals surface area contributed by atoms with Gasteiger partial charge in [0.2, 0.25) is 0 Å². The van der Waals surface area contributed by atoms with Gasteiger partial charge >= 0.3 is 5.97 Å². The SMILES string of the molecule is COC(=O)C(CC(C)C)CN1CCCCCC1. The zero-order valence-electron chi connectivity index (χ0n) is 11.6. The van der Waals surface area contributed by atoms with Crippen molar-refractivity contribution in [2.75, 3.05) is 26.7 Å². The van der Waals surface area contributed by atoms with Crippen LogP contribution in [0.15, 0.2) is 0 Å². The first-order chi connectivity index (χ1) is 8.13. The molecule has 1 aliphatic rings. The second kappa shape index (κ2) is 7.70. The van der Waals surface area contributed by atoms with Crippen LogP contribution < -0.4 is 0 Å². The van der Waals surface area contributed by atoms with E-state index >= 15 is 0 Å². The van der Waals surface area contributed by atoms with Crippen molar-refractivity contribution in [2.45, 2.75) is 46.0 Å². The minimum Gasteiger partial charge on any atom is -0.469 e. The summed E-state index contributed by atoms with van der Waals surface area (Å²) in [6, 6.07) is 0. The van der Waals surface area contributed by atoms with E-state index < -0.39 is 0 Å². The van der Waals surface area contributed by atoms with Gasteiger partial charge < -0.3 is 9.64 Å². The highest BCUT2D eigenvalue weighted by Crippen LogP contribution is 2.17. The van der Waals surface area contributed by atoms with Gasteiger partial charge in [0.1, 0.15) is 0 Å². The summed E-state index contributed by atoms with van der Waals surface area (Å²) in [5.41, 5.74) is 0. The maximum atomic E-state index is 11.8. The molecule has 1 saturated heterocycles. The summed E-state index contributed by atoms with van der Waals surface area (Å²) in [4.78, 5) is 14.2. The molecule has 0 saturated carbocycles. The topological polar surface area (TPSA) is 29.5 Å². The van der Waals surface area contributed by atoms with Crippen LogP contribution in [0.25, 0.3) is 0 Å². The number of carbonyl (C=O) groups excluding carboxylic acids is 1. The number of nitrogens with zero attached hydrogens (tertiary/aromatic N) is 1. The van der Waals surface area contributed by atoms with E-state index in [0.717, 1.165) is 26.1 Å². The first-order valence-electron chi connectivity index (χ1n) is 6.93. The molecule has 1 heterocycles. The highest BCUT2D eigenvalue weighted by Gasteiger charge is 2.23. The van der Waals surface area contributed by atoms with Crippen molar-refractivity contribution in [3.05, 3.63) is 0 Å². The Balaban J connectivity index is 2.48. The lowest BCUT2D eigenvalue weighted by atomic mass is 9.96. The minimum absolute atomic E-state index is 0.0389. The zero-order valence-corrected chi connectivity index (χ0v) is 11.6. The van der Waals surface area contributed by atoms with Crippen LogP contribution in [0.1, 0.15) is 46.0 Å². The van der Waals surface area contributed by atoms with E-state index in [4.69, 9.17) is 4.74 Å². The lowest BCUT2D eigenvalue weighted by Gasteiger charge is -2.25. The van der Waals surface area contributed by atoms with Gasteiger partial charge in [-0.1, -0.05) is 26.7 Å². The third kappa shape index (κ3) is 5.53. The predicted molar refractivity (Wildman–Crippen MR) is 69.9 cm³/mol. The predicted octanol–water partition coefficient (Wildman–Crippen LogP) is 2.70. The van der Waals surface area contributed by atoms with Gasteiger partial charge in [0.25, 0.3) is 0 Å². The fraction of sp³-hybridized carbons (Fsp3) is 0.929. The standard InChI is InChI=1S/C14H27NO2/c1-12(2)10-13(14(16)17-3)11-15-8-6-4-5-7-9-15/h12-13H,4-11H2,1-3H3. The van der Waals surface area contributed by atoms with Gasteiger partial charge in [0.15, 0.2) is 0 Å². The van der Waals surface area contributed by atoms with Gasteiger partial charge in [-0.3, -0.25) is 4.79 Å². The summed E-state index contributed by atoms with van der Waals surface area (Å²) < 4.78 is 4.92. The molecule has 1 fully saturated rings. The van der Waals surface area contributed by atoms with E-state index in [2.05, 4.69) is 18.7 Å². The van der Waals surface area contributed by atoms with E-state index in [1.807, 2.05) is 0 Å². The van der Waals surface area contributed by atoms with Crippen molar-refractivity contribution < 1.29 is 9.53 Å². The summed E-state index contributed by atoms with van der Waals surface area (Å²) in [7, 11) is 1.50. The number of methoxy groups -OCH3 is 1. The van der Waals surface area contributed by atoms with Crippen molar-refractivity contribution in [3.63, 3.8) is 0 Å². The van der Waals surface area contributed by atoms with Gasteiger partial charge in [-0.25, -0.2) is 0 Å². The van der Waals surface area contributed by atoms with Gasteiger partial charge in [-0.05, 0) is 38.3 Å². The van der Waals surface area contributed by atoms with Gasteiger partial charge in [0, 0.05) is 6.54 Å². The molecule has 0 aromatic heterocycles. The third-order valence-electron chi connectivity index (χ3n) is 3.47. The Bertz CT molecular complexity index is 220. The van der Waals surface area contributed by atoms with Crippen LogP contribution in [-0.4, -0.2) is 37.6 Å². The molecule has 0 bridgehead atoms. The van der Waals surface area contributed by atoms with Crippen LogP contribution in [0.4, 0.5) is 0 Å². The number of esters is 1. The van der Waals surface area contributed by atoms with Crippen LogP contribution in [0.5, 0.6) is 0 Å². The molecule has 0 aromatic carbocycles. The van der Waals surface area contributed by atoms with E-state index in [1.165, 1.54) is 32.8 Å². The highest BCUT2D eigenvalue weighted by atomic mass is 16.5. The summed E-state index contributed by atoms with van der Waals surface area (Å²) in [6.45, 7) is 7.50. The normalized spacial score (nSPS) is 20.0. The molecule has 1 unspecified atom stereocenters. The number of carbonyl (C=O) groups is 1. The first-order valence-corrected chi connectivity index (χ1v) is 6.93. The molecular formula is C14H27NO2. The van der Waals surface area contributed by atoms with E-state index in [9.17, 15) is 4.79 Å². The quantitative estimate of drug-likeness (QED) is 0.693. The lowest BCUT2D eigenvalue weighted by molar-refractivity contribution is -0.146. The average molecular weight is 241 g/mol. The molecule has 0 amide bonds. The number of rotatable bonds is 5. The fourth-order valence-corrected chi connectivity index (χ4v) is 2.61. The molecule has 0 N–H and O–H groups in total. The Hall–Kier alpha value is -0.570. The summed E-state index contributed by atoms with van der Waals surface area (Å²) in [5.74, 6) is 0.562. The van der Waals surface area contributed by atoms with E-state index in [1.54, 1.807) is 0 Å². The molecule has 1 atom stereocenters. The zero-order chi connectivity index (χ0) is 12.7. The van der Waals surface area contributed by atoms with Crippen LogP contribution >= 0.6 is 0 Å². The number of ether oxygens (including phenoxy) is 1. The molecule has 0 aromatic rings. The molecular weight excluding hydrogens is 214 g/mol. The molecule has 3 heteroatoms. The Labute approximate surface area is 106 Å². The fourth-order valence-electron chi connectivity index (χ4n) is 2.61. The largest absolute Gasteiger partial charge is 0.469 e. The average Bonchev–Trinajstić information content (AvgIpc) is 2.55. The van der Waals surface area contributed by atoms with Crippen LogP contribution in [0, 0.1) is 11.8 Å². The molecule has 3 nitrogen and oxygen atoms in total. The summed E-state index contributed by atoms with van der Waals surface area (Å²) in [6.07, 6.45) is 6.15. The second-order valence-corrected chi connectivity index (χ2v) is 5.56. The van der Waals surface area contributed by atoms with E-state index in [0.29, 0.717) is 5.92 Å². The molecule has 0 spiro atoms. The molecule has 100 valence electrons. The Kier molecular flexibility index (Phi) is 6.56. The smallest absolute Gasteiger partial charge is 0.309 e.